The van der Waals surface area contributed by atoms with Gasteiger partial charge in [-0.3, -0.25) is 4.79 Å². The maximum Gasteiger partial charge on any atom is 0.255 e. The van der Waals surface area contributed by atoms with Crippen LogP contribution in [0.15, 0.2) is 48.5 Å². The number of para-hydroxylation sites is 1. The summed E-state index contributed by atoms with van der Waals surface area (Å²) in [6, 6.07) is 14.2. The predicted molar refractivity (Wildman–Crippen MR) is 82.6 cm³/mol. The van der Waals surface area contributed by atoms with E-state index in [2.05, 4.69) is 5.32 Å². The molecule has 110 valence electrons. The number of benzene rings is 2. The summed E-state index contributed by atoms with van der Waals surface area (Å²) in [5.74, 6) is 0.429. The minimum Gasteiger partial charge on any atom is -0.494 e. The third-order valence-corrected chi connectivity index (χ3v) is 3.07. The maximum absolute atomic E-state index is 12.3. The van der Waals surface area contributed by atoms with Crippen LogP contribution in [-0.4, -0.2) is 17.6 Å². The van der Waals surface area contributed by atoms with E-state index in [0.717, 1.165) is 0 Å². The maximum atomic E-state index is 12.3. The molecule has 2 aromatic carbocycles. The first-order chi connectivity index (χ1) is 10.1. The van der Waals surface area contributed by atoms with Crippen molar-refractivity contribution in [1.82, 2.24) is 0 Å². The number of carbonyl (C=O) groups is 1. The SMILES string of the molecule is CCOc1cccc(C(=O)Nc2ccccc2[C@H](C)O)c1. The normalized spacial score (nSPS) is 11.8. The predicted octanol–water partition coefficient (Wildman–Crippen LogP) is 3.39. The van der Waals surface area contributed by atoms with Gasteiger partial charge >= 0.3 is 0 Å². The van der Waals surface area contributed by atoms with Gasteiger partial charge in [0.1, 0.15) is 5.75 Å². The highest BCUT2D eigenvalue weighted by Gasteiger charge is 2.12. The molecule has 21 heavy (non-hydrogen) atoms. The second-order valence-corrected chi connectivity index (χ2v) is 4.68. The van der Waals surface area contributed by atoms with Crippen LogP contribution in [0.3, 0.4) is 0 Å². The van der Waals surface area contributed by atoms with E-state index >= 15 is 0 Å². The summed E-state index contributed by atoms with van der Waals surface area (Å²) in [4.78, 5) is 12.3. The number of carbonyl (C=O) groups excluding carboxylic acids is 1. The molecule has 0 aromatic heterocycles. The Morgan fingerprint density at radius 2 is 2.00 bits per heavy atom. The average Bonchev–Trinajstić information content (AvgIpc) is 2.48. The van der Waals surface area contributed by atoms with Crippen LogP contribution in [-0.2, 0) is 0 Å². The van der Waals surface area contributed by atoms with E-state index in [9.17, 15) is 9.90 Å². The van der Waals surface area contributed by atoms with Gasteiger partial charge in [-0.1, -0.05) is 24.3 Å². The topological polar surface area (TPSA) is 58.6 Å². The number of aliphatic hydroxyl groups excluding tert-OH is 1. The van der Waals surface area contributed by atoms with Crippen molar-refractivity contribution in [3.05, 3.63) is 59.7 Å². The molecule has 4 heteroatoms. The van der Waals surface area contributed by atoms with E-state index in [-0.39, 0.29) is 5.91 Å². The summed E-state index contributed by atoms with van der Waals surface area (Å²) in [5.41, 5.74) is 1.81. The Hall–Kier alpha value is -2.33. The lowest BCUT2D eigenvalue weighted by molar-refractivity contribution is 0.102. The molecule has 4 nitrogen and oxygen atoms in total. The number of hydrogen-bond acceptors (Lipinski definition) is 3. The van der Waals surface area contributed by atoms with Gasteiger partial charge in [-0.25, -0.2) is 0 Å². The zero-order chi connectivity index (χ0) is 15.2. The first-order valence-corrected chi connectivity index (χ1v) is 6.93. The number of rotatable bonds is 5. The van der Waals surface area contributed by atoms with Crippen molar-refractivity contribution in [1.29, 1.82) is 0 Å². The number of hydrogen-bond donors (Lipinski definition) is 2. The molecule has 0 bridgehead atoms. The molecule has 0 spiro atoms. The molecule has 0 aliphatic carbocycles. The zero-order valence-electron chi connectivity index (χ0n) is 12.2. The van der Waals surface area contributed by atoms with Crippen LogP contribution < -0.4 is 10.1 Å². The molecular formula is C17H19NO3. The largest absolute Gasteiger partial charge is 0.494 e. The van der Waals surface area contributed by atoms with Crippen LogP contribution in [0.25, 0.3) is 0 Å². The number of anilines is 1. The Bertz CT molecular complexity index is 623. The van der Waals surface area contributed by atoms with E-state index in [1.165, 1.54) is 0 Å². The second kappa shape index (κ2) is 6.90. The lowest BCUT2D eigenvalue weighted by Crippen LogP contribution is -2.14. The number of amides is 1. The van der Waals surface area contributed by atoms with Gasteiger partial charge in [0.05, 0.1) is 12.7 Å². The molecule has 1 atom stereocenters. The molecule has 0 saturated heterocycles. The third kappa shape index (κ3) is 3.83. The summed E-state index contributed by atoms with van der Waals surface area (Å²) in [6.45, 7) is 4.11. The van der Waals surface area contributed by atoms with Gasteiger partial charge in [-0.15, -0.1) is 0 Å². The van der Waals surface area contributed by atoms with Crippen LogP contribution in [0.1, 0.15) is 35.9 Å². The Balaban J connectivity index is 2.20. The van der Waals surface area contributed by atoms with Crippen molar-refractivity contribution < 1.29 is 14.6 Å². The summed E-state index contributed by atoms with van der Waals surface area (Å²) < 4.78 is 5.39. The van der Waals surface area contributed by atoms with E-state index < -0.39 is 6.10 Å². The zero-order valence-corrected chi connectivity index (χ0v) is 12.2. The Morgan fingerprint density at radius 1 is 1.24 bits per heavy atom. The Morgan fingerprint density at radius 3 is 2.71 bits per heavy atom. The van der Waals surface area contributed by atoms with Gasteiger partial charge in [0.25, 0.3) is 5.91 Å². The van der Waals surface area contributed by atoms with Crippen molar-refractivity contribution in [2.24, 2.45) is 0 Å². The Labute approximate surface area is 124 Å². The fourth-order valence-corrected chi connectivity index (χ4v) is 2.06. The highest BCUT2D eigenvalue weighted by Crippen LogP contribution is 2.23. The smallest absolute Gasteiger partial charge is 0.255 e. The van der Waals surface area contributed by atoms with Gasteiger partial charge in [-0.2, -0.15) is 0 Å². The fourth-order valence-electron chi connectivity index (χ4n) is 2.06. The molecule has 0 aliphatic rings. The minimum absolute atomic E-state index is 0.232. The van der Waals surface area contributed by atoms with E-state index in [1.807, 2.05) is 25.1 Å². The molecule has 0 fully saturated rings. The molecule has 0 aliphatic heterocycles. The standard InChI is InChI=1S/C17H19NO3/c1-3-21-14-8-6-7-13(11-14)17(20)18-16-10-5-4-9-15(16)12(2)19/h4-12,19H,3H2,1-2H3,(H,18,20)/t12-/m0/s1. The van der Waals surface area contributed by atoms with Gasteiger partial charge in [0, 0.05) is 16.8 Å². The molecule has 0 saturated carbocycles. The van der Waals surface area contributed by atoms with Crippen LogP contribution in [0.4, 0.5) is 5.69 Å². The third-order valence-electron chi connectivity index (χ3n) is 3.07. The molecule has 2 N–H and O–H groups in total. The van der Waals surface area contributed by atoms with Crippen molar-refractivity contribution in [2.75, 3.05) is 11.9 Å². The molecule has 1 amide bonds. The van der Waals surface area contributed by atoms with Crippen LogP contribution in [0.5, 0.6) is 5.75 Å². The molecule has 2 aromatic rings. The molecular weight excluding hydrogens is 266 g/mol. The summed E-state index contributed by atoms with van der Waals surface area (Å²) in [6.07, 6.45) is -0.642. The van der Waals surface area contributed by atoms with Crippen LogP contribution in [0.2, 0.25) is 0 Å². The minimum atomic E-state index is -0.642. The average molecular weight is 285 g/mol. The first-order valence-electron chi connectivity index (χ1n) is 6.93. The van der Waals surface area contributed by atoms with Gasteiger partial charge in [0.2, 0.25) is 0 Å². The van der Waals surface area contributed by atoms with Crippen molar-refractivity contribution in [2.45, 2.75) is 20.0 Å². The van der Waals surface area contributed by atoms with Crippen molar-refractivity contribution >= 4 is 11.6 Å². The highest BCUT2D eigenvalue weighted by atomic mass is 16.5. The number of aliphatic hydroxyl groups is 1. The first kappa shape index (κ1) is 15.1. The second-order valence-electron chi connectivity index (χ2n) is 4.68. The molecule has 0 unspecified atom stereocenters. The molecule has 0 radical (unpaired) electrons. The number of ether oxygens (including phenoxy) is 1. The van der Waals surface area contributed by atoms with E-state index in [0.29, 0.717) is 29.2 Å². The Kier molecular flexibility index (Phi) is 4.95. The summed E-state index contributed by atoms with van der Waals surface area (Å²) in [5, 5.41) is 12.6. The van der Waals surface area contributed by atoms with E-state index in [4.69, 9.17) is 4.74 Å². The summed E-state index contributed by atoms with van der Waals surface area (Å²) in [7, 11) is 0. The lowest BCUT2D eigenvalue weighted by atomic mass is 10.1. The van der Waals surface area contributed by atoms with E-state index in [1.54, 1.807) is 37.3 Å². The monoisotopic (exact) mass is 285 g/mol. The number of nitrogens with one attached hydrogen (secondary N) is 1. The van der Waals surface area contributed by atoms with Crippen molar-refractivity contribution in [3.8, 4) is 5.75 Å². The van der Waals surface area contributed by atoms with Gasteiger partial charge in [-0.05, 0) is 38.1 Å². The fraction of sp³-hybridized carbons (Fsp3) is 0.235. The van der Waals surface area contributed by atoms with Gasteiger partial charge < -0.3 is 15.2 Å². The van der Waals surface area contributed by atoms with Crippen LogP contribution >= 0.6 is 0 Å². The van der Waals surface area contributed by atoms with Gasteiger partial charge in [0.15, 0.2) is 0 Å². The summed E-state index contributed by atoms with van der Waals surface area (Å²) >= 11 is 0. The van der Waals surface area contributed by atoms with Crippen LogP contribution in [0, 0.1) is 0 Å². The van der Waals surface area contributed by atoms with Crippen molar-refractivity contribution in [3.63, 3.8) is 0 Å². The highest BCUT2D eigenvalue weighted by molar-refractivity contribution is 6.04. The lowest BCUT2D eigenvalue weighted by Gasteiger charge is -2.13. The molecule has 0 heterocycles. The molecule has 2 rings (SSSR count). The quantitative estimate of drug-likeness (QED) is 0.885.